The average molecular weight is 180 g/mol. The highest BCUT2D eigenvalue weighted by Crippen LogP contribution is 2.18. The zero-order valence-electron chi connectivity index (χ0n) is 7.87. The van der Waals surface area contributed by atoms with E-state index in [1.807, 2.05) is 0 Å². The third-order valence-corrected chi connectivity index (χ3v) is 2.43. The first kappa shape index (κ1) is 8.97. The van der Waals surface area contributed by atoms with Gasteiger partial charge in [-0.1, -0.05) is 23.8 Å². The van der Waals surface area contributed by atoms with Crippen molar-refractivity contribution in [3.05, 3.63) is 23.8 Å². The molecule has 2 nitrogen and oxygen atoms in total. The number of rotatable bonds is 3. The zero-order chi connectivity index (χ0) is 8.93. The van der Waals surface area contributed by atoms with Gasteiger partial charge >= 0.3 is 0 Å². The van der Waals surface area contributed by atoms with Crippen LogP contribution in [-0.4, -0.2) is 19.5 Å². The van der Waals surface area contributed by atoms with Crippen molar-refractivity contribution in [1.82, 2.24) is 0 Å². The van der Waals surface area contributed by atoms with E-state index >= 15 is 0 Å². The lowest BCUT2D eigenvalue weighted by atomic mass is 10.0. The standard InChI is InChI=1S/C11H16O2/c1-2-4-10(5-3-1)6-7-11-12-8-9-13-11/h2,4-5,11H,1,3,6-9H2. The minimum absolute atomic E-state index is 0.0521. The van der Waals surface area contributed by atoms with Crippen LogP contribution >= 0.6 is 0 Å². The number of ether oxygens (including phenoxy) is 2. The molecule has 0 amide bonds. The minimum atomic E-state index is 0.0521. The van der Waals surface area contributed by atoms with E-state index in [0.717, 1.165) is 26.1 Å². The summed E-state index contributed by atoms with van der Waals surface area (Å²) in [5.41, 5.74) is 1.44. The molecule has 13 heavy (non-hydrogen) atoms. The molecule has 1 heterocycles. The van der Waals surface area contributed by atoms with Gasteiger partial charge in [0.15, 0.2) is 6.29 Å². The van der Waals surface area contributed by atoms with Gasteiger partial charge in [-0.05, 0) is 19.3 Å². The monoisotopic (exact) mass is 180 g/mol. The first-order valence-corrected chi connectivity index (χ1v) is 5.04. The Hall–Kier alpha value is -0.600. The molecular weight excluding hydrogens is 164 g/mol. The van der Waals surface area contributed by atoms with Crippen LogP contribution in [0.5, 0.6) is 0 Å². The highest BCUT2D eigenvalue weighted by molar-refractivity contribution is 5.21. The molecule has 1 fully saturated rings. The summed E-state index contributed by atoms with van der Waals surface area (Å²) in [6, 6.07) is 0. The second kappa shape index (κ2) is 4.58. The van der Waals surface area contributed by atoms with Crippen molar-refractivity contribution in [2.24, 2.45) is 0 Å². The van der Waals surface area contributed by atoms with E-state index in [-0.39, 0.29) is 6.29 Å². The van der Waals surface area contributed by atoms with Crippen molar-refractivity contribution in [3.63, 3.8) is 0 Å². The third kappa shape index (κ3) is 2.68. The van der Waals surface area contributed by atoms with Gasteiger partial charge in [0.1, 0.15) is 0 Å². The molecule has 0 N–H and O–H groups in total. The molecule has 0 atom stereocenters. The van der Waals surface area contributed by atoms with E-state index < -0.39 is 0 Å². The molecule has 0 bridgehead atoms. The summed E-state index contributed by atoms with van der Waals surface area (Å²) < 4.78 is 10.7. The maximum Gasteiger partial charge on any atom is 0.158 e. The predicted molar refractivity (Wildman–Crippen MR) is 51.4 cm³/mol. The fourth-order valence-electron chi connectivity index (χ4n) is 1.71. The largest absolute Gasteiger partial charge is 0.350 e. The molecule has 72 valence electrons. The van der Waals surface area contributed by atoms with Gasteiger partial charge in [0.2, 0.25) is 0 Å². The van der Waals surface area contributed by atoms with Crippen LogP contribution in [0.25, 0.3) is 0 Å². The fourth-order valence-corrected chi connectivity index (χ4v) is 1.71. The number of hydrogen-bond donors (Lipinski definition) is 0. The van der Waals surface area contributed by atoms with Gasteiger partial charge in [-0.3, -0.25) is 0 Å². The molecule has 2 aliphatic rings. The smallest absolute Gasteiger partial charge is 0.158 e. The molecule has 0 radical (unpaired) electrons. The van der Waals surface area contributed by atoms with Crippen molar-refractivity contribution >= 4 is 0 Å². The molecule has 2 heteroatoms. The molecule has 1 aliphatic carbocycles. The van der Waals surface area contributed by atoms with Crippen molar-refractivity contribution in [2.45, 2.75) is 32.0 Å². The van der Waals surface area contributed by atoms with E-state index in [1.54, 1.807) is 0 Å². The van der Waals surface area contributed by atoms with Gasteiger partial charge in [-0.2, -0.15) is 0 Å². The Morgan fingerprint density at radius 2 is 2.08 bits per heavy atom. The van der Waals surface area contributed by atoms with Gasteiger partial charge < -0.3 is 9.47 Å². The Kier molecular flexibility index (Phi) is 3.16. The van der Waals surface area contributed by atoms with Crippen LogP contribution in [-0.2, 0) is 9.47 Å². The zero-order valence-corrected chi connectivity index (χ0v) is 7.87. The molecule has 2 rings (SSSR count). The van der Waals surface area contributed by atoms with Crippen LogP contribution in [0.2, 0.25) is 0 Å². The first-order chi connectivity index (χ1) is 6.45. The van der Waals surface area contributed by atoms with Crippen LogP contribution in [0.1, 0.15) is 25.7 Å². The second-order valence-corrected chi connectivity index (χ2v) is 3.47. The molecule has 1 saturated heterocycles. The van der Waals surface area contributed by atoms with Crippen molar-refractivity contribution in [1.29, 1.82) is 0 Å². The highest BCUT2D eigenvalue weighted by atomic mass is 16.7. The van der Waals surface area contributed by atoms with E-state index in [2.05, 4.69) is 18.2 Å². The maximum atomic E-state index is 5.37. The van der Waals surface area contributed by atoms with Crippen LogP contribution in [0.3, 0.4) is 0 Å². The Bertz CT molecular complexity index is 212. The third-order valence-electron chi connectivity index (χ3n) is 2.43. The van der Waals surface area contributed by atoms with Gasteiger partial charge in [-0.15, -0.1) is 0 Å². The average Bonchev–Trinajstić information content (AvgIpc) is 2.69. The van der Waals surface area contributed by atoms with Gasteiger partial charge in [0, 0.05) is 6.42 Å². The summed E-state index contributed by atoms with van der Waals surface area (Å²) in [5, 5.41) is 0. The van der Waals surface area contributed by atoms with Crippen molar-refractivity contribution < 1.29 is 9.47 Å². The lowest BCUT2D eigenvalue weighted by molar-refractivity contribution is -0.0460. The van der Waals surface area contributed by atoms with E-state index in [9.17, 15) is 0 Å². The molecular formula is C11H16O2. The van der Waals surface area contributed by atoms with Crippen LogP contribution in [0, 0.1) is 0 Å². The SMILES string of the molecule is C1=CC(CCC2OCCO2)=CCC1. The Balaban J connectivity index is 1.72. The van der Waals surface area contributed by atoms with Crippen LogP contribution < -0.4 is 0 Å². The van der Waals surface area contributed by atoms with E-state index in [0.29, 0.717) is 0 Å². The summed E-state index contributed by atoms with van der Waals surface area (Å²) in [5.74, 6) is 0. The Labute approximate surface area is 79.2 Å². The summed E-state index contributed by atoms with van der Waals surface area (Å²) >= 11 is 0. The molecule has 0 aromatic heterocycles. The summed E-state index contributed by atoms with van der Waals surface area (Å²) in [4.78, 5) is 0. The lowest BCUT2D eigenvalue weighted by Crippen LogP contribution is -2.07. The van der Waals surface area contributed by atoms with Crippen molar-refractivity contribution in [3.8, 4) is 0 Å². The summed E-state index contributed by atoms with van der Waals surface area (Å²) in [7, 11) is 0. The van der Waals surface area contributed by atoms with E-state index in [4.69, 9.17) is 9.47 Å². The Morgan fingerprint density at radius 1 is 1.23 bits per heavy atom. The van der Waals surface area contributed by atoms with Gasteiger partial charge in [-0.25, -0.2) is 0 Å². The molecule has 0 aromatic rings. The molecule has 0 unspecified atom stereocenters. The van der Waals surface area contributed by atoms with Crippen LogP contribution in [0.4, 0.5) is 0 Å². The minimum Gasteiger partial charge on any atom is -0.350 e. The van der Waals surface area contributed by atoms with Gasteiger partial charge in [0.05, 0.1) is 13.2 Å². The predicted octanol–water partition coefficient (Wildman–Crippen LogP) is 2.42. The first-order valence-electron chi connectivity index (χ1n) is 5.04. The normalized spacial score (nSPS) is 23.5. The van der Waals surface area contributed by atoms with Crippen LogP contribution in [0.15, 0.2) is 23.8 Å². The molecule has 1 aliphatic heterocycles. The second-order valence-electron chi connectivity index (χ2n) is 3.47. The van der Waals surface area contributed by atoms with Gasteiger partial charge in [0.25, 0.3) is 0 Å². The van der Waals surface area contributed by atoms with E-state index in [1.165, 1.54) is 18.4 Å². The quantitative estimate of drug-likeness (QED) is 0.664. The molecule has 0 aromatic carbocycles. The fraction of sp³-hybridized carbons (Fsp3) is 0.636. The number of allylic oxidation sites excluding steroid dienone is 4. The van der Waals surface area contributed by atoms with Crippen molar-refractivity contribution in [2.75, 3.05) is 13.2 Å². The lowest BCUT2D eigenvalue weighted by Gasteiger charge is -2.10. The Morgan fingerprint density at radius 3 is 2.77 bits per heavy atom. The summed E-state index contributed by atoms with van der Waals surface area (Å²) in [6.45, 7) is 1.53. The number of hydrogen-bond acceptors (Lipinski definition) is 2. The maximum absolute atomic E-state index is 5.37. The summed E-state index contributed by atoms with van der Waals surface area (Å²) in [6.07, 6.45) is 11.3. The molecule has 0 spiro atoms. The topological polar surface area (TPSA) is 18.5 Å². The highest BCUT2D eigenvalue weighted by Gasteiger charge is 2.15. The molecule has 0 saturated carbocycles.